The Morgan fingerprint density at radius 3 is 2.06 bits per heavy atom. The van der Waals surface area contributed by atoms with E-state index in [1.165, 1.54) is 0 Å². The van der Waals surface area contributed by atoms with Gasteiger partial charge in [0.15, 0.2) is 0 Å². The molecule has 158 valence electrons. The molecule has 0 saturated carbocycles. The van der Waals surface area contributed by atoms with E-state index >= 15 is 0 Å². The standard InChI is InChI=1S/C25H24N2O3S/c28-22(29)16-26-17-25(21-14-8-3-9-15-21)24(26)31-18-27(25)30-23(19-10-4-1-5-11-19)20-12-6-2-7-13-20/h1-15,23-24H,16-18H2,(H,28,29). The molecule has 2 saturated heterocycles. The summed E-state index contributed by atoms with van der Waals surface area (Å²) in [5.74, 6) is -0.126. The van der Waals surface area contributed by atoms with Crippen molar-refractivity contribution in [3.63, 3.8) is 0 Å². The Morgan fingerprint density at radius 1 is 0.968 bits per heavy atom. The minimum Gasteiger partial charge on any atom is -0.480 e. The van der Waals surface area contributed by atoms with Gasteiger partial charge in [0.2, 0.25) is 0 Å². The van der Waals surface area contributed by atoms with E-state index in [0.717, 1.165) is 16.7 Å². The average molecular weight is 433 g/mol. The van der Waals surface area contributed by atoms with Crippen molar-refractivity contribution < 1.29 is 14.7 Å². The summed E-state index contributed by atoms with van der Waals surface area (Å²) in [5, 5.41) is 11.5. The van der Waals surface area contributed by atoms with E-state index in [1.807, 2.05) is 59.5 Å². The summed E-state index contributed by atoms with van der Waals surface area (Å²) in [4.78, 5) is 20.1. The molecule has 2 fully saturated rings. The van der Waals surface area contributed by atoms with Crippen molar-refractivity contribution in [2.45, 2.75) is 17.0 Å². The van der Waals surface area contributed by atoms with Gasteiger partial charge >= 0.3 is 5.97 Å². The van der Waals surface area contributed by atoms with E-state index in [-0.39, 0.29) is 23.6 Å². The van der Waals surface area contributed by atoms with Gasteiger partial charge in [-0.2, -0.15) is 5.06 Å². The van der Waals surface area contributed by atoms with Gasteiger partial charge < -0.3 is 5.11 Å². The van der Waals surface area contributed by atoms with Crippen molar-refractivity contribution in [2.24, 2.45) is 0 Å². The van der Waals surface area contributed by atoms with E-state index in [0.29, 0.717) is 12.4 Å². The maximum Gasteiger partial charge on any atom is 0.317 e. The lowest BCUT2D eigenvalue weighted by Gasteiger charge is -2.55. The summed E-state index contributed by atoms with van der Waals surface area (Å²) in [6.07, 6.45) is -0.240. The van der Waals surface area contributed by atoms with Crippen LogP contribution in [0.25, 0.3) is 0 Å². The van der Waals surface area contributed by atoms with Crippen LogP contribution < -0.4 is 0 Å². The molecule has 1 N–H and O–H groups in total. The first kappa shape index (κ1) is 20.3. The number of likely N-dealkylation sites (tertiary alicyclic amines) is 1. The van der Waals surface area contributed by atoms with Crippen molar-refractivity contribution in [3.05, 3.63) is 108 Å². The highest BCUT2D eigenvalue weighted by atomic mass is 32.2. The lowest BCUT2D eigenvalue weighted by atomic mass is 9.81. The van der Waals surface area contributed by atoms with Crippen molar-refractivity contribution in [2.75, 3.05) is 19.0 Å². The van der Waals surface area contributed by atoms with Crippen molar-refractivity contribution in [1.29, 1.82) is 0 Å². The van der Waals surface area contributed by atoms with Gasteiger partial charge in [0.1, 0.15) is 11.6 Å². The van der Waals surface area contributed by atoms with E-state index in [4.69, 9.17) is 4.84 Å². The molecule has 5 rings (SSSR count). The molecular formula is C25H24N2O3S. The first-order chi connectivity index (χ1) is 15.2. The van der Waals surface area contributed by atoms with E-state index in [9.17, 15) is 9.90 Å². The van der Waals surface area contributed by atoms with Gasteiger partial charge in [-0.15, -0.1) is 11.8 Å². The average Bonchev–Trinajstić information content (AvgIpc) is 3.09. The number of aliphatic carboxylic acids is 1. The summed E-state index contributed by atoms with van der Waals surface area (Å²) in [5.41, 5.74) is 2.97. The fourth-order valence-electron chi connectivity index (χ4n) is 4.60. The third kappa shape index (κ3) is 3.66. The van der Waals surface area contributed by atoms with Gasteiger partial charge in [0, 0.05) is 6.54 Å². The third-order valence-corrected chi connectivity index (χ3v) is 7.42. The molecule has 2 heterocycles. The van der Waals surface area contributed by atoms with Crippen LogP contribution in [0, 0.1) is 0 Å². The molecule has 2 unspecified atom stereocenters. The molecule has 3 aromatic rings. The zero-order valence-electron chi connectivity index (χ0n) is 17.0. The van der Waals surface area contributed by atoms with E-state index < -0.39 is 5.97 Å². The van der Waals surface area contributed by atoms with Crippen LogP contribution in [0.5, 0.6) is 0 Å². The normalized spacial score (nSPS) is 23.5. The van der Waals surface area contributed by atoms with E-state index in [2.05, 4.69) is 41.5 Å². The molecular weight excluding hydrogens is 408 g/mol. The number of fused-ring (bicyclic) bond motifs is 1. The number of carbonyl (C=O) groups is 1. The zero-order valence-corrected chi connectivity index (χ0v) is 17.8. The van der Waals surface area contributed by atoms with Crippen LogP contribution in [-0.4, -0.2) is 45.4 Å². The second kappa shape index (κ2) is 8.48. The van der Waals surface area contributed by atoms with Gasteiger partial charge in [-0.1, -0.05) is 91.0 Å². The molecule has 6 heteroatoms. The summed E-state index contributed by atoms with van der Waals surface area (Å²) in [6.45, 7) is 0.665. The van der Waals surface area contributed by atoms with Gasteiger partial charge in [-0.25, -0.2) is 0 Å². The minimum atomic E-state index is -0.798. The molecule has 2 aliphatic rings. The highest BCUT2D eigenvalue weighted by molar-refractivity contribution is 8.00. The molecule has 31 heavy (non-hydrogen) atoms. The number of carboxylic acid groups (broad SMARTS) is 1. The Bertz CT molecular complexity index is 995. The first-order valence-electron chi connectivity index (χ1n) is 10.4. The van der Waals surface area contributed by atoms with Gasteiger partial charge in [-0.3, -0.25) is 14.5 Å². The number of thioether (sulfide) groups is 1. The SMILES string of the molecule is O=C(O)CN1CC2(c3ccccc3)C1SCN2OC(c1ccccc1)c1ccccc1. The largest absolute Gasteiger partial charge is 0.480 e. The van der Waals surface area contributed by atoms with Crippen LogP contribution in [0.15, 0.2) is 91.0 Å². The van der Waals surface area contributed by atoms with Crippen LogP contribution in [0.2, 0.25) is 0 Å². The number of hydrogen-bond acceptors (Lipinski definition) is 5. The Hall–Kier alpha value is -2.64. The Labute approximate surface area is 186 Å². The minimum absolute atomic E-state index is 0.0400. The van der Waals surface area contributed by atoms with Gasteiger partial charge in [0.25, 0.3) is 0 Å². The Kier molecular flexibility index (Phi) is 5.54. The molecule has 0 aromatic heterocycles. The monoisotopic (exact) mass is 432 g/mol. The molecule has 5 nitrogen and oxygen atoms in total. The number of nitrogens with zero attached hydrogens (tertiary/aromatic N) is 2. The number of hydroxylamine groups is 2. The molecule has 3 aromatic carbocycles. The van der Waals surface area contributed by atoms with Crippen molar-refractivity contribution >= 4 is 17.7 Å². The summed E-state index contributed by atoms with van der Waals surface area (Å²) >= 11 is 1.74. The number of hydrogen-bond donors (Lipinski definition) is 1. The first-order valence-corrected chi connectivity index (χ1v) is 11.4. The molecule has 0 bridgehead atoms. The maximum atomic E-state index is 11.4. The van der Waals surface area contributed by atoms with Crippen molar-refractivity contribution in [1.82, 2.24) is 9.96 Å². The molecule has 2 atom stereocenters. The van der Waals surface area contributed by atoms with Crippen LogP contribution in [0.3, 0.4) is 0 Å². The number of benzene rings is 3. The van der Waals surface area contributed by atoms with Crippen LogP contribution >= 0.6 is 11.8 Å². The van der Waals surface area contributed by atoms with Gasteiger partial charge in [-0.05, 0) is 16.7 Å². The second-order valence-electron chi connectivity index (χ2n) is 7.92. The molecule has 0 radical (unpaired) electrons. The third-order valence-electron chi connectivity index (χ3n) is 6.03. The van der Waals surface area contributed by atoms with Gasteiger partial charge in [0.05, 0.1) is 17.8 Å². The Morgan fingerprint density at radius 2 is 1.52 bits per heavy atom. The van der Waals surface area contributed by atoms with Crippen LogP contribution in [0.4, 0.5) is 0 Å². The fourth-order valence-corrected chi connectivity index (χ4v) is 6.13. The topological polar surface area (TPSA) is 53.0 Å². The molecule has 0 aliphatic carbocycles. The molecule has 0 spiro atoms. The summed E-state index contributed by atoms with van der Waals surface area (Å²) in [7, 11) is 0. The lowest BCUT2D eigenvalue weighted by Crippen LogP contribution is -2.69. The van der Waals surface area contributed by atoms with Crippen molar-refractivity contribution in [3.8, 4) is 0 Å². The number of rotatable bonds is 7. The highest BCUT2D eigenvalue weighted by Crippen LogP contribution is 2.55. The Balaban J connectivity index is 1.50. The lowest BCUT2D eigenvalue weighted by molar-refractivity contribution is -0.268. The predicted octanol–water partition coefficient (Wildman–Crippen LogP) is 4.34. The fraction of sp³-hybridized carbons (Fsp3) is 0.240. The second-order valence-corrected chi connectivity index (χ2v) is 8.96. The number of carboxylic acids is 1. The smallest absolute Gasteiger partial charge is 0.317 e. The van der Waals surface area contributed by atoms with Crippen LogP contribution in [-0.2, 0) is 15.2 Å². The maximum absolute atomic E-state index is 11.4. The quantitative estimate of drug-likeness (QED) is 0.600. The van der Waals surface area contributed by atoms with Crippen LogP contribution in [0.1, 0.15) is 22.8 Å². The molecule has 0 amide bonds. The zero-order chi connectivity index (χ0) is 21.3. The highest BCUT2D eigenvalue weighted by Gasteiger charge is 2.63. The van der Waals surface area contributed by atoms with E-state index in [1.54, 1.807) is 11.8 Å². The summed E-state index contributed by atoms with van der Waals surface area (Å²) < 4.78 is 0. The predicted molar refractivity (Wildman–Crippen MR) is 121 cm³/mol. The molecule has 2 aliphatic heterocycles. The summed E-state index contributed by atoms with van der Waals surface area (Å²) in [6, 6.07) is 30.8.